The summed E-state index contributed by atoms with van der Waals surface area (Å²) >= 11 is 5.73. The SMILES string of the molecule is C[C@@]1(c2cc(NC(=O)Oc3ccc(Cl)cn3)ccc2F)CCS(=O)(=O)CC(N)=N1. The lowest BCUT2D eigenvalue weighted by molar-refractivity contribution is 0.213. The fraction of sp³-hybridized carbons (Fsp3) is 0.278. The number of halogens is 2. The molecule has 1 aliphatic heterocycles. The standard InChI is InChI=1S/C18H18ClFN4O4S/c1-18(6-7-29(26,27)10-15(21)24-18)13-8-12(3-4-14(13)20)23-17(25)28-16-5-2-11(19)9-22-16/h2-5,8-9H,6-7,10H2,1H3,(H2,21,24)(H,23,25)/t18-/m0/s1. The summed E-state index contributed by atoms with van der Waals surface area (Å²) in [6.45, 7) is 1.60. The van der Waals surface area contributed by atoms with Crippen LogP contribution >= 0.6 is 11.6 Å². The molecule has 3 rings (SSSR count). The number of aromatic nitrogens is 1. The van der Waals surface area contributed by atoms with Crippen LogP contribution in [0.4, 0.5) is 14.9 Å². The van der Waals surface area contributed by atoms with Gasteiger partial charge in [-0.2, -0.15) is 0 Å². The fourth-order valence-electron chi connectivity index (χ4n) is 2.93. The molecule has 0 saturated carbocycles. The number of carbonyl (C=O) groups is 1. The number of rotatable bonds is 3. The summed E-state index contributed by atoms with van der Waals surface area (Å²) in [5.41, 5.74) is 4.88. The number of benzene rings is 1. The van der Waals surface area contributed by atoms with Gasteiger partial charge in [0, 0.05) is 23.5 Å². The quantitative estimate of drug-likeness (QED) is 0.756. The van der Waals surface area contributed by atoms with Gasteiger partial charge in [-0.25, -0.2) is 22.6 Å². The molecule has 11 heteroatoms. The number of hydrogen-bond acceptors (Lipinski definition) is 7. The summed E-state index contributed by atoms with van der Waals surface area (Å²) in [4.78, 5) is 20.2. The smallest absolute Gasteiger partial charge is 0.391 e. The molecular weight excluding hydrogens is 423 g/mol. The van der Waals surface area contributed by atoms with Crippen LogP contribution in [0, 0.1) is 5.82 Å². The Balaban J connectivity index is 1.83. The maximum absolute atomic E-state index is 14.5. The fourth-order valence-corrected chi connectivity index (χ4v) is 4.41. The van der Waals surface area contributed by atoms with Gasteiger partial charge in [-0.15, -0.1) is 0 Å². The largest absolute Gasteiger partial charge is 0.418 e. The van der Waals surface area contributed by atoms with Crippen molar-refractivity contribution in [2.24, 2.45) is 10.7 Å². The third kappa shape index (κ3) is 5.21. The average molecular weight is 441 g/mol. The van der Waals surface area contributed by atoms with Gasteiger partial charge >= 0.3 is 6.09 Å². The normalized spacial score (nSPS) is 21.0. The summed E-state index contributed by atoms with van der Waals surface area (Å²) < 4.78 is 43.5. The van der Waals surface area contributed by atoms with E-state index in [0.717, 1.165) is 6.07 Å². The molecule has 1 aromatic carbocycles. The first-order valence-electron chi connectivity index (χ1n) is 8.51. The van der Waals surface area contributed by atoms with E-state index in [1.807, 2.05) is 0 Å². The van der Waals surface area contributed by atoms with Crippen LogP contribution in [-0.4, -0.2) is 36.8 Å². The number of amides is 1. The molecule has 0 spiro atoms. The molecule has 0 bridgehead atoms. The summed E-state index contributed by atoms with van der Waals surface area (Å²) in [5, 5.41) is 2.86. The average Bonchev–Trinajstić information content (AvgIpc) is 2.73. The Kier molecular flexibility index (Phi) is 5.76. The van der Waals surface area contributed by atoms with Gasteiger partial charge in [0.2, 0.25) is 5.88 Å². The molecule has 1 aromatic heterocycles. The monoisotopic (exact) mass is 440 g/mol. The number of anilines is 1. The Morgan fingerprint density at radius 2 is 2.10 bits per heavy atom. The van der Waals surface area contributed by atoms with E-state index in [1.54, 1.807) is 6.92 Å². The van der Waals surface area contributed by atoms with E-state index in [2.05, 4.69) is 15.3 Å². The van der Waals surface area contributed by atoms with Gasteiger partial charge in [0.15, 0.2) is 9.84 Å². The molecule has 2 heterocycles. The number of amidine groups is 1. The van der Waals surface area contributed by atoms with E-state index in [9.17, 15) is 17.6 Å². The maximum Gasteiger partial charge on any atom is 0.418 e. The van der Waals surface area contributed by atoms with Crippen LogP contribution in [0.25, 0.3) is 0 Å². The molecule has 8 nitrogen and oxygen atoms in total. The molecule has 2 aromatic rings. The predicted molar refractivity (Wildman–Crippen MR) is 108 cm³/mol. The second kappa shape index (κ2) is 7.96. The third-order valence-electron chi connectivity index (χ3n) is 4.35. The summed E-state index contributed by atoms with van der Waals surface area (Å²) in [6.07, 6.45) is 0.535. The molecule has 0 radical (unpaired) electrons. The zero-order chi connectivity index (χ0) is 21.2. The van der Waals surface area contributed by atoms with E-state index in [4.69, 9.17) is 22.1 Å². The van der Waals surface area contributed by atoms with Crippen LogP contribution in [-0.2, 0) is 15.4 Å². The van der Waals surface area contributed by atoms with Crippen LogP contribution in [0.1, 0.15) is 18.9 Å². The van der Waals surface area contributed by atoms with Crippen LogP contribution < -0.4 is 15.8 Å². The molecule has 1 atom stereocenters. The van der Waals surface area contributed by atoms with Crippen molar-refractivity contribution in [3.63, 3.8) is 0 Å². The van der Waals surface area contributed by atoms with Crippen LogP contribution in [0.15, 0.2) is 41.5 Å². The van der Waals surface area contributed by atoms with Gasteiger partial charge in [-0.1, -0.05) is 11.6 Å². The van der Waals surface area contributed by atoms with E-state index in [-0.39, 0.29) is 40.9 Å². The van der Waals surface area contributed by atoms with Gasteiger partial charge in [-0.05, 0) is 37.6 Å². The first kappa shape index (κ1) is 21.0. The minimum absolute atomic E-state index is 0.0348. The number of carbonyl (C=O) groups excluding carboxylic acids is 1. The van der Waals surface area contributed by atoms with Gasteiger partial charge < -0.3 is 10.5 Å². The number of sulfone groups is 1. The lowest BCUT2D eigenvalue weighted by Crippen LogP contribution is -2.26. The van der Waals surface area contributed by atoms with E-state index >= 15 is 0 Å². The molecular formula is C18H18ClFN4O4S. The van der Waals surface area contributed by atoms with Gasteiger partial charge in [-0.3, -0.25) is 10.3 Å². The highest BCUT2D eigenvalue weighted by Gasteiger charge is 2.34. The summed E-state index contributed by atoms with van der Waals surface area (Å²) in [6, 6.07) is 6.81. The van der Waals surface area contributed by atoms with Crippen LogP contribution in [0.3, 0.4) is 0 Å². The minimum atomic E-state index is -3.41. The van der Waals surface area contributed by atoms with Crippen molar-refractivity contribution in [2.45, 2.75) is 18.9 Å². The van der Waals surface area contributed by atoms with E-state index < -0.39 is 27.3 Å². The number of pyridine rings is 1. The van der Waals surface area contributed by atoms with Crippen molar-refractivity contribution < 1.29 is 22.3 Å². The lowest BCUT2D eigenvalue weighted by atomic mass is 9.89. The Bertz CT molecular complexity index is 1080. The van der Waals surface area contributed by atoms with E-state index in [1.165, 1.54) is 30.5 Å². The number of hydrogen-bond donors (Lipinski definition) is 2. The Labute approximate surface area is 171 Å². The predicted octanol–water partition coefficient (Wildman–Crippen LogP) is 2.88. The number of ether oxygens (including phenoxy) is 1. The molecule has 0 aliphatic carbocycles. The number of nitrogens with zero attached hydrogens (tertiary/aromatic N) is 2. The Hall–Kier alpha value is -2.72. The lowest BCUT2D eigenvalue weighted by Gasteiger charge is -2.25. The van der Waals surface area contributed by atoms with E-state index in [0.29, 0.717) is 5.02 Å². The molecule has 0 fully saturated rings. The van der Waals surface area contributed by atoms with Crippen LogP contribution in [0.2, 0.25) is 5.02 Å². The van der Waals surface area contributed by atoms with Crippen molar-refractivity contribution in [3.8, 4) is 5.88 Å². The molecule has 1 aliphatic rings. The Morgan fingerprint density at radius 3 is 2.79 bits per heavy atom. The first-order valence-corrected chi connectivity index (χ1v) is 10.7. The molecule has 3 N–H and O–H groups in total. The van der Waals surface area contributed by atoms with Crippen molar-refractivity contribution in [3.05, 3.63) is 52.9 Å². The summed E-state index contributed by atoms with van der Waals surface area (Å²) in [5.74, 6) is -1.21. The molecule has 0 saturated heterocycles. The molecule has 29 heavy (non-hydrogen) atoms. The highest BCUT2D eigenvalue weighted by Crippen LogP contribution is 2.35. The summed E-state index contributed by atoms with van der Waals surface area (Å²) in [7, 11) is -3.41. The van der Waals surface area contributed by atoms with Gasteiger partial charge in [0.1, 0.15) is 17.4 Å². The second-order valence-electron chi connectivity index (χ2n) is 6.74. The maximum atomic E-state index is 14.5. The molecule has 1 amide bonds. The van der Waals surface area contributed by atoms with Gasteiger partial charge in [0.25, 0.3) is 0 Å². The highest BCUT2D eigenvalue weighted by atomic mass is 35.5. The van der Waals surface area contributed by atoms with Gasteiger partial charge in [0.05, 0.1) is 16.3 Å². The minimum Gasteiger partial charge on any atom is -0.391 e. The third-order valence-corrected chi connectivity index (χ3v) is 6.13. The van der Waals surface area contributed by atoms with Crippen molar-refractivity contribution >= 4 is 39.1 Å². The highest BCUT2D eigenvalue weighted by molar-refractivity contribution is 7.92. The second-order valence-corrected chi connectivity index (χ2v) is 9.36. The zero-order valence-electron chi connectivity index (χ0n) is 15.4. The Morgan fingerprint density at radius 1 is 1.34 bits per heavy atom. The van der Waals surface area contributed by atoms with Crippen molar-refractivity contribution in [1.82, 2.24) is 4.98 Å². The number of nitrogens with one attached hydrogen (secondary N) is 1. The molecule has 0 unspecified atom stereocenters. The zero-order valence-corrected chi connectivity index (χ0v) is 16.9. The van der Waals surface area contributed by atoms with Crippen LogP contribution in [0.5, 0.6) is 5.88 Å². The van der Waals surface area contributed by atoms with Crippen molar-refractivity contribution in [2.75, 3.05) is 16.8 Å². The first-order chi connectivity index (χ1) is 13.6. The number of aliphatic imine (C=N–C) groups is 1. The van der Waals surface area contributed by atoms with Crippen molar-refractivity contribution in [1.29, 1.82) is 0 Å². The molecule has 154 valence electrons. The number of nitrogens with two attached hydrogens (primary N) is 1. The topological polar surface area (TPSA) is 124 Å².